The number of nitrogens with zero attached hydrogens (tertiary/aromatic N) is 3. The Labute approximate surface area is 182 Å². The molecule has 0 bridgehead atoms. The lowest BCUT2D eigenvalue weighted by Gasteiger charge is -2.25. The first-order valence-corrected chi connectivity index (χ1v) is 11.2. The van der Waals surface area contributed by atoms with Crippen LogP contribution in [-0.2, 0) is 0 Å². The molecule has 0 atom stereocenters. The highest BCUT2D eigenvalue weighted by molar-refractivity contribution is 7.22. The monoisotopic (exact) mass is 429 g/mol. The van der Waals surface area contributed by atoms with E-state index in [1.165, 1.54) is 0 Å². The minimum absolute atomic E-state index is 0.00763. The highest BCUT2D eigenvalue weighted by atomic mass is 35.5. The molecule has 1 heterocycles. The van der Waals surface area contributed by atoms with Gasteiger partial charge in [-0.1, -0.05) is 54.0 Å². The van der Waals surface area contributed by atoms with Crippen molar-refractivity contribution in [2.24, 2.45) is 0 Å². The quantitative estimate of drug-likeness (QED) is 0.471. The van der Waals surface area contributed by atoms with Crippen molar-refractivity contribution in [1.29, 1.82) is 0 Å². The molecule has 3 rings (SSSR count). The van der Waals surface area contributed by atoms with E-state index in [0.29, 0.717) is 17.1 Å². The van der Waals surface area contributed by atoms with Crippen LogP contribution in [0.1, 0.15) is 40.9 Å². The van der Waals surface area contributed by atoms with Crippen LogP contribution in [0.2, 0.25) is 5.02 Å². The Bertz CT molecular complexity index is 1010. The summed E-state index contributed by atoms with van der Waals surface area (Å²) >= 11 is 7.83. The summed E-state index contributed by atoms with van der Waals surface area (Å²) in [7, 11) is 0. The average Bonchev–Trinajstić information content (AvgIpc) is 3.12. The van der Waals surface area contributed by atoms with Gasteiger partial charge in [0.2, 0.25) is 0 Å². The minimum atomic E-state index is -0.00763. The van der Waals surface area contributed by atoms with Crippen LogP contribution in [-0.4, -0.2) is 42.0 Å². The van der Waals surface area contributed by atoms with Crippen LogP contribution in [0.25, 0.3) is 10.2 Å². The summed E-state index contributed by atoms with van der Waals surface area (Å²) in [6, 6.07) is 9.87. The number of rotatable bonds is 7. The van der Waals surface area contributed by atoms with Crippen LogP contribution < -0.4 is 4.90 Å². The highest BCUT2D eigenvalue weighted by Gasteiger charge is 2.23. The zero-order valence-electron chi connectivity index (χ0n) is 17.8. The van der Waals surface area contributed by atoms with E-state index >= 15 is 0 Å². The van der Waals surface area contributed by atoms with Crippen molar-refractivity contribution >= 4 is 44.2 Å². The molecular weight excluding hydrogens is 402 g/mol. The fourth-order valence-corrected chi connectivity index (χ4v) is 4.73. The van der Waals surface area contributed by atoms with Crippen LogP contribution in [0, 0.1) is 20.8 Å². The fourth-order valence-electron chi connectivity index (χ4n) is 3.52. The molecule has 0 aliphatic heterocycles. The first kappa shape index (κ1) is 21.8. The van der Waals surface area contributed by atoms with Gasteiger partial charge >= 0.3 is 0 Å². The van der Waals surface area contributed by atoms with Gasteiger partial charge in [0, 0.05) is 23.7 Å². The molecule has 0 unspecified atom stereocenters. The summed E-state index contributed by atoms with van der Waals surface area (Å²) in [5.41, 5.74) is 4.71. The Hall–Kier alpha value is -1.95. The van der Waals surface area contributed by atoms with E-state index in [0.717, 1.165) is 51.7 Å². The van der Waals surface area contributed by atoms with E-state index in [2.05, 4.69) is 24.8 Å². The van der Waals surface area contributed by atoms with E-state index in [4.69, 9.17) is 16.6 Å². The highest BCUT2D eigenvalue weighted by Crippen LogP contribution is 2.34. The van der Waals surface area contributed by atoms with E-state index in [1.807, 2.05) is 49.9 Å². The number of halogens is 1. The molecule has 1 aromatic heterocycles. The van der Waals surface area contributed by atoms with Gasteiger partial charge in [-0.05, 0) is 63.7 Å². The number of likely N-dealkylation sites (N-methyl/N-ethyl adjacent to an activating group) is 1. The van der Waals surface area contributed by atoms with Crippen LogP contribution in [0.5, 0.6) is 0 Å². The van der Waals surface area contributed by atoms with Gasteiger partial charge in [-0.15, -0.1) is 0 Å². The maximum absolute atomic E-state index is 13.5. The summed E-state index contributed by atoms with van der Waals surface area (Å²) < 4.78 is 1.04. The van der Waals surface area contributed by atoms with Crippen LogP contribution in [0.15, 0.2) is 30.3 Å². The van der Waals surface area contributed by atoms with E-state index in [1.54, 1.807) is 11.3 Å². The van der Waals surface area contributed by atoms with Crippen LogP contribution in [0.3, 0.4) is 0 Å². The molecule has 0 spiro atoms. The molecule has 29 heavy (non-hydrogen) atoms. The molecule has 6 heteroatoms. The number of carbonyl (C=O) groups excluding carboxylic acids is 1. The Balaban J connectivity index is 2.02. The molecule has 0 aliphatic rings. The number of hydrogen-bond acceptors (Lipinski definition) is 4. The van der Waals surface area contributed by atoms with Gasteiger partial charge < -0.3 is 4.90 Å². The minimum Gasteiger partial charge on any atom is -0.302 e. The van der Waals surface area contributed by atoms with E-state index in [9.17, 15) is 4.79 Å². The lowest BCUT2D eigenvalue weighted by molar-refractivity contribution is 0.0983. The predicted molar refractivity (Wildman–Crippen MR) is 125 cm³/mol. The summed E-state index contributed by atoms with van der Waals surface area (Å²) in [4.78, 5) is 22.5. The second kappa shape index (κ2) is 9.24. The largest absolute Gasteiger partial charge is 0.302 e. The maximum Gasteiger partial charge on any atom is 0.260 e. The van der Waals surface area contributed by atoms with Crippen LogP contribution >= 0.6 is 22.9 Å². The Morgan fingerprint density at radius 1 is 1.03 bits per heavy atom. The van der Waals surface area contributed by atoms with E-state index < -0.39 is 0 Å². The third kappa shape index (κ3) is 4.80. The number of fused-ring (bicyclic) bond motifs is 1. The van der Waals surface area contributed by atoms with Gasteiger partial charge in [-0.3, -0.25) is 9.69 Å². The number of carbonyl (C=O) groups is 1. The summed E-state index contributed by atoms with van der Waals surface area (Å²) in [5, 5.41) is 1.42. The lowest BCUT2D eigenvalue weighted by Crippen LogP contribution is -2.39. The molecule has 4 nitrogen and oxygen atoms in total. The maximum atomic E-state index is 13.5. The number of thiazole rings is 1. The topological polar surface area (TPSA) is 36.4 Å². The third-order valence-electron chi connectivity index (χ3n) is 5.22. The molecule has 0 saturated carbocycles. The van der Waals surface area contributed by atoms with Gasteiger partial charge in [-0.25, -0.2) is 4.98 Å². The molecule has 0 fully saturated rings. The molecule has 0 N–H and O–H groups in total. The van der Waals surface area contributed by atoms with Gasteiger partial charge in [0.1, 0.15) is 0 Å². The fraction of sp³-hybridized carbons (Fsp3) is 0.391. The normalized spacial score (nSPS) is 11.4. The first-order valence-electron chi connectivity index (χ1n) is 10.0. The van der Waals surface area contributed by atoms with Crippen molar-refractivity contribution < 1.29 is 4.79 Å². The lowest BCUT2D eigenvalue weighted by atomic mass is 10.1. The Kier molecular flexibility index (Phi) is 6.93. The molecule has 154 valence electrons. The van der Waals surface area contributed by atoms with Gasteiger partial charge in [0.05, 0.1) is 10.2 Å². The SMILES string of the molecule is CCN(CC)CCN(C(=O)c1cc(C)cc(C)c1)c1nc2c(C)c(Cl)ccc2s1. The molecule has 2 aromatic carbocycles. The van der Waals surface area contributed by atoms with Crippen molar-refractivity contribution in [3.63, 3.8) is 0 Å². The molecule has 0 radical (unpaired) electrons. The number of anilines is 1. The summed E-state index contributed by atoms with van der Waals surface area (Å²) in [5.74, 6) is -0.00763. The summed E-state index contributed by atoms with van der Waals surface area (Å²) in [6.07, 6.45) is 0. The van der Waals surface area contributed by atoms with Crippen molar-refractivity contribution in [3.05, 3.63) is 57.6 Å². The standard InChI is InChI=1S/C23H28ClN3OS/c1-6-26(7-2)10-11-27(22(28)18-13-15(3)12-16(4)14-18)23-25-21-17(5)19(24)8-9-20(21)29-23/h8-9,12-14H,6-7,10-11H2,1-5H3. The second-order valence-electron chi connectivity index (χ2n) is 7.38. The molecular formula is C23H28ClN3OS. The van der Waals surface area contributed by atoms with Crippen LogP contribution in [0.4, 0.5) is 5.13 Å². The Morgan fingerprint density at radius 3 is 2.31 bits per heavy atom. The molecule has 3 aromatic rings. The second-order valence-corrected chi connectivity index (χ2v) is 8.79. The van der Waals surface area contributed by atoms with Crippen molar-refractivity contribution in [2.45, 2.75) is 34.6 Å². The van der Waals surface area contributed by atoms with Crippen molar-refractivity contribution in [3.8, 4) is 0 Å². The summed E-state index contributed by atoms with van der Waals surface area (Å²) in [6.45, 7) is 13.6. The average molecular weight is 430 g/mol. The van der Waals surface area contributed by atoms with Gasteiger partial charge in [0.25, 0.3) is 5.91 Å². The smallest absolute Gasteiger partial charge is 0.260 e. The van der Waals surface area contributed by atoms with Gasteiger partial charge in [-0.2, -0.15) is 0 Å². The molecule has 1 amide bonds. The molecule has 0 saturated heterocycles. The number of benzene rings is 2. The Morgan fingerprint density at radius 2 is 1.69 bits per heavy atom. The van der Waals surface area contributed by atoms with Crippen molar-refractivity contribution in [2.75, 3.05) is 31.1 Å². The number of aryl methyl sites for hydroxylation is 3. The zero-order chi connectivity index (χ0) is 21.1. The third-order valence-corrected chi connectivity index (χ3v) is 6.67. The van der Waals surface area contributed by atoms with Gasteiger partial charge in [0.15, 0.2) is 5.13 Å². The first-order chi connectivity index (χ1) is 13.8. The van der Waals surface area contributed by atoms with E-state index in [-0.39, 0.29) is 5.91 Å². The number of aromatic nitrogens is 1. The predicted octanol–water partition coefficient (Wildman–Crippen LogP) is 5.86. The van der Waals surface area contributed by atoms with Crippen molar-refractivity contribution in [1.82, 2.24) is 9.88 Å². The number of amides is 1. The number of hydrogen-bond donors (Lipinski definition) is 0. The molecule has 0 aliphatic carbocycles. The zero-order valence-corrected chi connectivity index (χ0v) is 19.3.